The Labute approximate surface area is 179 Å². The van der Waals surface area contributed by atoms with Gasteiger partial charge in [-0.25, -0.2) is 15.0 Å². The number of hydrogen-bond acceptors (Lipinski definition) is 6. The van der Waals surface area contributed by atoms with Gasteiger partial charge in [-0.1, -0.05) is 6.07 Å². The Bertz CT molecular complexity index is 861. The number of aliphatic imine (C=N–C) groups is 1. The van der Waals surface area contributed by atoms with Crippen LogP contribution in [0.2, 0.25) is 0 Å². The number of guanidine groups is 1. The van der Waals surface area contributed by atoms with Gasteiger partial charge >= 0.3 is 6.18 Å². The van der Waals surface area contributed by atoms with Gasteiger partial charge < -0.3 is 20.9 Å². The maximum atomic E-state index is 12.7. The molecule has 8 nitrogen and oxygen atoms in total. The number of piperidine rings is 1. The average molecular weight is 436 g/mol. The second-order valence-electron chi connectivity index (χ2n) is 7.29. The van der Waals surface area contributed by atoms with E-state index in [1.165, 1.54) is 0 Å². The first-order valence-corrected chi connectivity index (χ1v) is 10.1. The third-order valence-electron chi connectivity index (χ3n) is 4.93. The van der Waals surface area contributed by atoms with Crippen molar-refractivity contribution in [3.63, 3.8) is 0 Å². The lowest BCUT2D eigenvalue weighted by Gasteiger charge is -2.33. The minimum absolute atomic E-state index is 0.0586. The fraction of sp³-hybridized carbons (Fsp3) is 0.500. The molecule has 0 saturated carbocycles. The first kappa shape index (κ1) is 22.6. The highest BCUT2D eigenvalue weighted by atomic mass is 19.4. The summed E-state index contributed by atoms with van der Waals surface area (Å²) in [7, 11) is 1.68. The molecule has 0 atom stereocenters. The number of alkyl halides is 3. The molecule has 1 aliphatic rings. The highest BCUT2D eigenvalue weighted by Gasteiger charge is 2.32. The Morgan fingerprint density at radius 1 is 1.16 bits per heavy atom. The number of aryl methyl sites for hydroxylation is 1. The van der Waals surface area contributed by atoms with Crippen LogP contribution in [0.5, 0.6) is 0 Å². The van der Waals surface area contributed by atoms with E-state index in [1.807, 2.05) is 19.2 Å². The zero-order valence-corrected chi connectivity index (χ0v) is 17.6. The summed E-state index contributed by atoms with van der Waals surface area (Å²) in [6.45, 7) is 4.62. The molecule has 11 heteroatoms. The second kappa shape index (κ2) is 10.3. The van der Waals surface area contributed by atoms with E-state index in [9.17, 15) is 13.2 Å². The molecule has 2 aromatic heterocycles. The zero-order chi connectivity index (χ0) is 22.3. The van der Waals surface area contributed by atoms with Gasteiger partial charge in [0.1, 0.15) is 11.5 Å². The smallest absolute Gasteiger partial charge is 0.356 e. The highest BCUT2D eigenvalue weighted by Crippen LogP contribution is 2.27. The number of nitrogens with one attached hydrogen (secondary N) is 3. The third kappa shape index (κ3) is 6.69. The van der Waals surface area contributed by atoms with Gasteiger partial charge in [0.05, 0.1) is 0 Å². The number of aromatic nitrogens is 3. The predicted molar refractivity (Wildman–Crippen MR) is 114 cm³/mol. The molecular weight excluding hydrogens is 409 g/mol. The van der Waals surface area contributed by atoms with E-state index in [1.54, 1.807) is 7.05 Å². The lowest BCUT2D eigenvalue weighted by atomic mass is 10.1. The predicted octanol–water partition coefficient (Wildman–Crippen LogP) is 2.44. The Balaban J connectivity index is 1.39. The first-order valence-electron chi connectivity index (χ1n) is 10.1. The van der Waals surface area contributed by atoms with Gasteiger partial charge in [0, 0.05) is 51.7 Å². The molecule has 3 rings (SSSR count). The summed E-state index contributed by atoms with van der Waals surface area (Å²) in [5.41, 5.74) is 0.173. The molecule has 0 radical (unpaired) electrons. The summed E-state index contributed by atoms with van der Waals surface area (Å²) in [4.78, 5) is 18.3. The van der Waals surface area contributed by atoms with Gasteiger partial charge in [-0.2, -0.15) is 13.2 Å². The molecule has 0 amide bonds. The SMILES string of the molecule is CN=C(NCCNc1nccc(C(F)(F)F)n1)NC1CCN(c2ccc(C)cn2)CC1. The lowest BCUT2D eigenvalue weighted by molar-refractivity contribution is -0.141. The topological polar surface area (TPSA) is 90.4 Å². The van der Waals surface area contributed by atoms with Crippen molar-refractivity contribution < 1.29 is 13.2 Å². The van der Waals surface area contributed by atoms with Crippen molar-refractivity contribution in [3.8, 4) is 0 Å². The van der Waals surface area contributed by atoms with E-state index < -0.39 is 11.9 Å². The van der Waals surface area contributed by atoms with Crippen LogP contribution >= 0.6 is 0 Å². The van der Waals surface area contributed by atoms with Crippen LogP contribution in [0.3, 0.4) is 0 Å². The summed E-state index contributed by atoms with van der Waals surface area (Å²) in [5.74, 6) is 1.59. The third-order valence-corrected chi connectivity index (χ3v) is 4.93. The largest absolute Gasteiger partial charge is 0.433 e. The molecule has 3 heterocycles. The van der Waals surface area contributed by atoms with Crippen molar-refractivity contribution in [3.05, 3.63) is 41.9 Å². The molecule has 3 N–H and O–H groups in total. The summed E-state index contributed by atoms with van der Waals surface area (Å²) in [6.07, 6.45) is 0.377. The summed E-state index contributed by atoms with van der Waals surface area (Å²) in [5, 5.41) is 9.34. The summed E-state index contributed by atoms with van der Waals surface area (Å²) < 4.78 is 38.1. The lowest BCUT2D eigenvalue weighted by Crippen LogP contribution is -2.49. The highest BCUT2D eigenvalue weighted by molar-refractivity contribution is 5.80. The van der Waals surface area contributed by atoms with Crippen molar-refractivity contribution in [2.45, 2.75) is 32.0 Å². The second-order valence-corrected chi connectivity index (χ2v) is 7.29. The first-order chi connectivity index (χ1) is 14.8. The number of hydrogen-bond donors (Lipinski definition) is 3. The standard InChI is InChI=1S/C20H27F3N8/c1-14-3-4-17(28-13-14)31-11-6-15(7-12-31)29-18(24-2)26-9-10-27-19-25-8-5-16(30-19)20(21,22)23/h3-5,8,13,15H,6-7,9-12H2,1-2H3,(H2,24,26,29)(H,25,27,30). The van der Waals surface area contributed by atoms with Crippen LogP contribution in [0.1, 0.15) is 24.1 Å². The van der Waals surface area contributed by atoms with Crippen molar-refractivity contribution in [2.24, 2.45) is 4.99 Å². The Morgan fingerprint density at radius 2 is 1.94 bits per heavy atom. The van der Waals surface area contributed by atoms with Crippen LogP contribution in [-0.4, -0.2) is 60.2 Å². The molecule has 0 bridgehead atoms. The van der Waals surface area contributed by atoms with E-state index in [4.69, 9.17) is 0 Å². The molecule has 168 valence electrons. The molecule has 2 aromatic rings. The van der Waals surface area contributed by atoms with Crippen LogP contribution in [0, 0.1) is 6.92 Å². The number of halogens is 3. The number of nitrogens with zero attached hydrogens (tertiary/aromatic N) is 5. The van der Waals surface area contributed by atoms with Gasteiger partial charge in [0.25, 0.3) is 0 Å². The fourth-order valence-corrected chi connectivity index (χ4v) is 3.24. The van der Waals surface area contributed by atoms with Gasteiger partial charge in [-0.15, -0.1) is 0 Å². The maximum Gasteiger partial charge on any atom is 0.433 e. The van der Waals surface area contributed by atoms with Gasteiger partial charge in [-0.05, 0) is 37.5 Å². The molecule has 0 unspecified atom stereocenters. The van der Waals surface area contributed by atoms with Crippen LogP contribution in [0.25, 0.3) is 0 Å². The molecular formula is C20H27F3N8. The van der Waals surface area contributed by atoms with Crippen molar-refractivity contribution in [2.75, 3.05) is 43.4 Å². The molecule has 0 aromatic carbocycles. The van der Waals surface area contributed by atoms with Gasteiger partial charge in [-0.3, -0.25) is 4.99 Å². The molecule has 1 saturated heterocycles. The van der Waals surface area contributed by atoms with Crippen molar-refractivity contribution >= 4 is 17.7 Å². The Morgan fingerprint density at radius 3 is 2.58 bits per heavy atom. The Kier molecular flexibility index (Phi) is 7.48. The van der Waals surface area contributed by atoms with E-state index in [-0.39, 0.29) is 12.0 Å². The fourth-order valence-electron chi connectivity index (χ4n) is 3.24. The van der Waals surface area contributed by atoms with Crippen LogP contribution < -0.4 is 20.9 Å². The Hall–Kier alpha value is -3.11. The molecule has 1 fully saturated rings. The molecule has 0 spiro atoms. The minimum Gasteiger partial charge on any atom is -0.356 e. The van der Waals surface area contributed by atoms with E-state index in [0.717, 1.165) is 49.6 Å². The van der Waals surface area contributed by atoms with E-state index in [0.29, 0.717) is 19.0 Å². The van der Waals surface area contributed by atoms with Crippen LogP contribution in [-0.2, 0) is 6.18 Å². The maximum absolute atomic E-state index is 12.7. The van der Waals surface area contributed by atoms with Crippen LogP contribution in [0.15, 0.2) is 35.6 Å². The summed E-state index contributed by atoms with van der Waals surface area (Å²) in [6, 6.07) is 5.24. The molecule has 31 heavy (non-hydrogen) atoms. The number of pyridine rings is 1. The van der Waals surface area contributed by atoms with E-state index in [2.05, 4.69) is 46.9 Å². The van der Waals surface area contributed by atoms with Gasteiger partial charge in [0.15, 0.2) is 5.96 Å². The quantitative estimate of drug-likeness (QED) is 0.364. The van der Waals surface area contributed by atoms with Crippen LogP contribution in [0.4, 0.5) is 24.9 Å². The zero-order valence-electron chi connectivity index (χ0n) is 17.6. The normalized spacial score (nSPS) is 15.6. The van der Waals surface area contributed by atoms with Gasteiger partial charge in [0.2, 0.25) is 5.95 Å². The number of rotatable bonds is 6. The number of anilines is 2. The molecule has 0 aliphatic carbocycles. The van der Waals surface area contributed by atoms with Crippen molar-refractivity contribution in [1.29, 1.82) is 0 Å². The minimum atomic E-state index is -4.49. The van der Waals surface area contributed by atoms with E-state index >= 15 is 0 Å². The van der Waals surface area contributed by atoms with Crippen molar-refractivity contribution in [1.82, 2.24) is 25.6 Å². The average Bonchev–Trinajstić information content (AvgIpc) is 2.76. The monoisotopic (exact) mass is 436 g/mol. The molecule has 1 aliphatic heterocycles. The summed E-state index contributed by atoms with van der Waals surface area (Å²) >= 11 is 0.